The highest BCUT2D eigenvalue weighted by Gasteiger charge is 2.28. The SMILES string of the molecule is COc1ccc(CCN(C)C(=O)c2cc(S(=O)(=O)N3CCOCC3)c[nH]2)cc1OC. The van der Waals surface area contributed by atoms with Crippen LogP contribution in [0.2, 0.25) is 0 Å². The number of nitrogens with zero attached hydrogens (tertiary/aromatic N) is 2. The van der Waals surface area contributed by atoms with Gasteiger partial charge in [-0.05, 0) is 30.2 Å². The minimum atomic E-state index is -3.64. The number of aromatic amines is 1. The summed E-state index contributed by atoms with van der Waals surface area (Å²) in [7, 11) is 1.19. The number of likely N-dealkylation sites (N-methyl/N-ethyl adjacent to an activating group) is 1. The first-order valence-corrected chi connectivity index (χ1v) is 11.0. The fourth-order valence-electron chi connectivity index (χ4n) is 3.22. The van der Waals surface area contributed by atoms with E-state index in [1.165, 1.54) is 16.6 Å². The number of carbonyl (C=O) groups is 1. The second-order valence-corrected chi connectivity index (χ2v) is 8.87. The van der Waals surface area contributed by atoms with Crippen LogP contribution in [0, 0.1) is 0 Å². The van der Waals surface area contributed by atoms with Crippen molar-refractivity contribution in [1.29, 1.82) is 0 Å². The van der Waals surface area contributed by atoms with Crippen molar-refractivity contribution in [1.82, 2.24) is 14.2 Å². The van der Waals surface area contributed by atoms with Crippen LogP contribution in [0.5, 0.6) is 11.5 Å². The van der Waals surface area contributed by atoms with E-state index in [0.29, 0.717) is 50.8 Å². The first-order chi connectivity index (χ1) is 14.4. The molecule has 1 N–H and O–H groups in total. The van der Waals surface area contributed by atoms with Gasteiger partial charge in [0, 0.05) is 32.9 Å². The Labute approximate surface area is 176 Å². The number of morpholine rings is 1. The van der Waals surface area contributed by atoms with Gasteiger partial charge in [0.25, 0.3) is 5.91 Å². The van der Waals surface area contributed by atoms with Crippen molar-refractivity contribution in [3.8, 4) is 11.5 Å². The minimum absolute atomic E-state index is 0.0843. The molecule has 0 spiro atoms. The molecule has 1 aliphatic rings. The highest BCUT2D eigenvalue weighted by Crippen LogP contribution is 2.27. The van der Waals surface area contributed by atoms with E-state index in [-0.39, 0.29) is 16.5 Å². The van der Waals surface area contributed by atoms with Gasteiger partial charge in [-0.3, -0.25) is 4.79 Å². The van der Waals surface area contributed by atoms with E-state index >= 15 is 0 Å². The molecule has 0 saturated carbocycles. The lowest BCUT2D eigenvalue weighted by Crippen LogP contribution is -2.40. The van der Waals surface area contributed by atoms with Gasteiger partial charge in [-0.15, -0.1) is 0 Å². The highest BCUT2D eigenvalue weighted by atomic mass is 32.2. The number of H-pyrrole nitrogens is 1. The molecule has 1 saturated heterocycles. The second kappa shape index (κ2) is 9.50. The number of hydrogen-bond acceptors (Lipinski definition) is 6. The predicted octanol–water partition coefficient (Wildman–Crippen LogP) is 1.37. The summed E-state index contributed by atoms with van der Waals surface area (Å²) >= 11 is 0. The second-order valence-electron chi connectivity index (χ2n) is 6.93. The zero-order valence-corrected chi connectivity index (χ0v) is 18.2. The van der Waals surface area contributed by atoms with E-state index in [4.69, 9.17) is 14.2 Å². The van der Waals surface area contributed by atoms with Crippen LogP contribution in [-0.2, 0) is 21.2 Å². The number of sulfonamides is 1. The van der Waals surface area contributed by atoms with Crippen LogP contribution >= 0.6 is 0 Å². The van der Waals surface area contributed by atoms with Crippen LogP contribution in [-0.4, -0.2) is 82.6 Å². The quantitative estimate of drug-likeness (QED) is 0.669. The van der Waals surface area contributed by atoms with Crippen molar-refractivity contribution >= 4 is 15.9 Å². The molecule has 2 heterocycles. The molecule has 10 heteroatoms. The van der Waals surface area contributed by atoms with Crippen LogP contribution in [0.1, 0.15) is 16.1 Å². The molecular weight excluding hydrogens is 410 g/mol. The maximum Gasteiger partial charge on any atom is 0.270 e. The summed E-state index contributed by atoms with van der Waals surface area (Å²) in [5, 5.41) is 0. The van der Waals surface area contributed by atoms with E-state index in [1.807, 2.05) is 18.2 Å². The van der Waals surface area contributed by atoms with Gasteiger partial charge in [-0.25, -0.2) is 8.42 Å². The number of benzene rings is 1. The topological polar surface area (TPSA) is 101 Å². The highest BCUT2D eigenvalue weighted by molar-refractivity contribution is 7.89. The molecule has 1 aliphatic heterocycles. The van der Waals surface area contributed by atoms with E-state index in [0.717, 1.165) is 5.56 Å². The number of aromatic nitrogens is 1. The summed E-state index contributed by atoms with van der Waals surface area (Å²) in [5.41, 5.74) is 1.23. The third-order valence-corrected chi connectivity index (χ3v) is 6.90. The molecule has 9 nitrogen and oxygen atoms in total. The van der Waals surface area contributed by atoms with E-state index in [1.54, 1.807) is 26.2 Å². The Morgan fingerprint density at radius 1 is 1.17 bits per heavy atom. The van der Waals surface area contributed by atoms with E-state index in [2.05, 4.69) is 4.98 Å². The molecular formula is C20H27N3O6S. The first kappa shape index (κ1) is 22.1. The van der Waals surface area contributed by atoms with Gasteiger partial charge in [0.1, 0.15) is 10.6 Å². The molecule has 0 bridgehead atoms. The van der Waals surface area contributed by atoms with Crippen molar-refractivity contribution in [2.75, 3.05) is 54.1 Å². The lowest BCUT2D eigenvalue weighted by molar-refractivity contribution is 0.0730. The Kier molecular flexibility index (Phi) is 7.01. The lowest BCUT2D eigenvalue weighted by atomic mass is 10.1. The smallest absolute Gasteiger partial charge is 0.270 e. The Morgan fingerprint density at radius 2 is 1.87 bits per heavy atom. The largest absolute Gasteiger partial charge is 0.493 e. The first-order valence-electron chi connectivity index (χ1n) is 9.59. The summed E-state index contributed by atoms with van der Waals surface area (Å²) in [6.45, 7) is 1.81. The Morgan fingerprint density at radius 3 is 2.53 bits per heavy atom. The normalized spacial score (nSPS) is 15.0. The van der Waals surface area contributed by atoms with Gasteiger partial charge < -0.3 is 24.1 Å². The molecule has 2 aromatic rings. The number of nitrogens with one attached hydrogen (secondary N) is 1. The molecule has 0 unspecified atom stereocenters. The van der Waals surface area contributed by atoms with Gasteiger partial charge in [0.2, 0.25) is 10.0 Å². The number of carbonyl (C=O) groups excluding carboxylic acids is 1. The van der Waals surface area contributed by atoms with Crippen molar-refractivity contribution in [3.05, 3.63) is 41.7 Å². The summed E-state index contributed by atoms with van der Waals surface area (Å²) in [6.07, 6.45) is 1.97. The van der Waals surface area contributed by atoms with Crippen molar-refractivity contribution in [3.63, 3.8) is 0 Å². The van der Waals surface area contributed by atoms with Crippen molar-refractivity contribution in [2.45, 2.75) is 11.3 Å². The maximum atomic E-state index is 12.7. The molecule has 0 aliphatic carbocycles. The van der Waals surface area contributed by atoms with Gasteiger partial charge in [-0.2, -0.15) is 4.31 Å². The standard InChI is InChI=1S/C20H27N3O6S/c1-22(7-6-15-4-5-18(27-2)19(12-15)28-3)20(24)17-13-16(14-21-17)30(25,26)23-8-10-29-11-9-23/h4-5,12-14,21H,6-11H2,1-3H3. The monoisotopic (exact) mass is 437 g/mol. The lowest BCUT2D eigenvalue weighted by Gasteiger charge is -2.25. The molecule has 0 atom stereocenters. The zero-order chi connectivity index (χ0) is 21.7. The fourth-order valence-corrected chi connectivity index (χ4v) is 4.63. The Bertz CT molecular complexity index is 982. The van der Waals surface area contributed by atoms with E-state index < -0.39 is 10.0 Å². The average Bonchev–Trinajstić information content (AvgIpc) is 3.28. The van der Waals surface area contributed by atoms with Gasteiger partial charge in [-0.1, -0.05) is 6.07 Å². The summed E-state index contributed by atoms with van der Waals surface area (Å²) in [4.78, 5) is 17.2. The summed E-state index contributed by atoms with van der Waals surface area (Å²) in [5.74, 6) is 0.997. The average molecular weight is 438 g/mol. The predicted molar refractivity (Wildman–Crippen MR) is 111 cm³/mol. The van der Waals surface area contributed by atoms with Crippen LogP contribution < -0.4 is 9.47 Å². The molecule has 3 rings (SSSR count). The number of hydrogen-bond donors (Lipinski definition) is 1. The molecule has 30 heavy (non-hydrogen) atoms. The van der Waals surface area contributed by atoms with Gasteiger partial charge >= 0.3 is 0 Å². The number of amides is 1. The number of methoxy groups -OCH3 is 2. The zero-order valence-electron chi connectivity index (χ0n) is 17.4. The molecule has 1 amide bonds. The maximum absolute atomic E-state index is 12.7. The number of rotatable bonds is 8. The minimum Gasteiger partial charge on any atom is -0.493 e. The third-order valence-electron chi connectivity index (χ3n) is 5.03. The van der Waals surface area contributed by atoms with Crippen LogP contribution in [0.4, 0.5) is 0 Å². The molecule has 1 fully saturated rings. The molecule has 0 radical (unpaired) electrons. The Hall–Kier alpha value is -2.56. The van der Waals surface area contributed by atoms with Gasteiger partial charge in [0.15, 0.2) is 11.5 Å². The Balaban J connectivity index is 1.64. The summed E-state index contributed by atoms with van der Waals surface area (Å²) in [6, 6.07) is 7.00. The van der Waals surface area contributed by atoms with E-state index in [9.17, 15) is 13.2 Å². The number of ether oxygens (including phenoxy) is 3. The van der Waals surface area contributed by atoms with Crippen LogP contribution in [0.3, 0.4) is 0 Å². The van der Waals surface area contributed by atoms with Crippen LogP contribution in [0.15, 0.2) is 35.4 Å². The molecule has 1 aromatic carbocycles. The van der Waals surface area contributed by atoms with Crippen molar-refractivity contribution in [2.24, 2.45) is 0 Å². The van der Waals surface area contributed by atoms with Crippen LogP contribution in [0.25, 0.3) is 0 Å². The third kappa shape index (κ3) is 4.77. The molecule has 1 aromatic heterocycles. The van der Waals surface area contributed by atoms with Crippen molar-refractivity contribution < 1.29 is 27.4 Å². The van der Waals surface area contributed by atoms with Gasteiger partial charge in [0.05, 0.1) is 27.4 Å². The molecule has 164 valence electrons. The summed E-state index contributed by atoms with van der Waals surface area (Å²) < 4.78 is 42.6. The fraction of sp³-hybridized carbons (Fsp3) is 0.450.